The number of ether oxygens (including phenoxy) is 1. The minimum absolute atomic E-state index is 0.147. The fourth-order valence-electron chi connectivity index (χ4n) is 1.86. The smallest absolute Gasteiger partial charge is 0.435 e. The highest BCUT2D eigenvalue weighted by Crippen LogP contribution is 2.47. The molecule has 6 nitrogen and oxygen atoms in total. The van der Waals surface area contributed by atoms with Gasteiger partial charge in [0.15, 0.2) is 0 Å². The number of esters is 1. The van der Waals surface area contributed by atoms with Crippen LogP contribution in [0.25, 0.3) is 0 Å². The molecule has 0 unspecified atom stereocenters. The van der Waals surface area contributed by atoms with Crippen molar-refractivity contribution in [1.82, 2.24) is 0 Å². The highest BCUT2D eigenvalue weighted by Gasteiger charge is 2.76. The SMILES string of the molecule is Cc1cc(I)c(N)c(C(=O)OC(CS(=O)(=O)O)(C(F)(F)F)C(F)(F)F)c1. The van der Waals surface area contributed by atoms with Gasteiger partial charge in [0, 0.05) is 3.57 Å². The van der Waals surface area contributed by atoms with Crippen LogP contribution >= 0.6 is 22.6 Å². The molecule has 0 aromatic heterocycles. The third-order valence-electron chi connectivity index (χ3n) is 3.06. The quantitative estimate of drug-likeness (QED) is 0.208. The molecule has 26 heavy (non-hydrogen) atoms. The Hall–Kier alpha value is -1.29. The number of carbonyl (C=O) groups is 1. The van der Waals surface area contributed by atoms with E-state index in [4.69, 9.17) is 10.3 Å². The maximum atomic E-state index is 13.1. The first-order valence-corrected chi connectivity index (χ1v) is 8.97. The van der Waals surface area contributed by atoms with Crippen molar-refractivity contribution < 1.29 is 48.8 Å². The highest BCUT2D eigenvalue weighted by molar-refractivity contribution is 14.1. The van der Waals surface area contributed by atoms with Crippen LogP contribution in [-0.4, -0.2) is 42.6 Å². The zero-order valence-corrected chi connectivity index (χ0v) is 15.5. The number of hydrogen-bond acceptors (Lipinski definition) is 5. The second kappa shape index (κ2) is 7.03. The van der Waals surface area contributed by atoms with Crippen molar-refractivity contribution >= 4 is 44.4 Å². The molecule has 1 rings (SSSR count). The first-order valence-electron chi connectivity index (χ1n) is 6.29. The van der Waals surface area contributed by atoms with Crippen LogP contribution in [0.4, 0.5) is 32.0 Å². The molecule has 148 valence electrons. The minimum Gasteiger partial charge on any atom is -0.435 e. The molecule has 1 aromatic rings. The van der Waals surface area contributed by atoms with Crippen LogP contribution in [0.2, 0.25) is 0 Å². The van der Waals surface area contributed by atoms with E-state index in [-0.39, 0.29) is 9.13 Å². The van der Waals surface area contributed by atoms with Crippen molar-refractivity contribution in [2.24, 2.45) is 0 Å². The van der Waals surface area contributed by atoms with E-state index >= 15 is 0 Å². The Morgan fingerprint density at radius 3 is 2.04 bits per heavy atom. The van der Waals surface area contributed by atoms with Crippen LogP contribution in [0.1, 0.15) is 15.9 Å². The van der Waals surface area contributed by atoms with E-state index in [1.807, 2.05) is 0 Å². The summed E-state index contributed by atoms with van der Waals surface area (Å²) in [6, 6.07) is 2.27. The van der Waals surface area contributed by atoms with Crippen LogP contribution in [0, 0.1) is 10.5 Å². The topological polar surface area (TPSA) is 107 Å². The van der Waals surface area contributed by atoms with Gasteiger partial charge in [0.25, 0.3) is 10.1 Å². The molecule has 0 fully saturated rings. The van der Waals surface area contributed by atoms with Crippen molar-refractivity contribution in [1.29, 1.82) is 0 Å². The van der Waals surface area contributed by atoms with Gasteiger partial charge < -0.3 is 10.5 Å². The number of nitrogen functional groups attached to an aromatic ring is 1. The molecule has 0 saturated carbocycles. The van der Waals surface area contributed by atoms with E-state index in [1.165, 1.54) is 13.0 Å². The van der Waals surface area contributed by atoms with Gasteiger partial charge in [-0.05, 0) is 47.2 Å². The number of aryl methyl sites for hydroxylation is 1. The molecule has 0 aliphatic carbocycles. The van der Waals surface area contributed by atoms with Crippen LogP contribution in [0.3, 0.4) is 0 Å². The van der Waals surface area contributed by atoms with E-state index in [2.05, 4.69) is 4.74 Å². The molecular weight excluding hydrogens is 511 g/mol. The monoisotopic (exact) mass is 521 g/mol. The maximum absolute atomic E-state index is 13.1. The largest absolute Gasteiger partial charge is 0.438 e. The summed E-state index contributed by atoms with van der Waals surface area (Å²) in [5, 5.41) is 0. The Balaban J connectivity index is 3.58. The van der Waals surface area contributed by atoms with Gasteiger partial charge >= 0.3 is 23.9 Å². The lowest BCUT2D eigenvalue weighted by atomic mass is 10.0. The number of rotatable bonds is 4. The summed E-state index contributed by atoms with van der Waals surface area (Å²) in [5.41, 5.74) is -0.998. The standard InChI is InChI=1S/C12H10F6INO5S/c1-5-2-6(8(20)7(19)3-5)9(21)25-10(11(13,14)15,12(16,17)18)4-26(22,23)24/h2-3H,4,20H2,1H3,(H,22,23,24). The second-order valence-corrected chi connectivity index (χ2v) is 7.76. The Morgan fingerprint density at radius 1 is 1.19 bits per heavy atom. The fourth-order valence-corrected chi connectivity index (χ4v) is 3.54. The van der Waals surface area contributed by atoms with Crippen molar-refractivity contribution in [3.8, 4) is 0 Å². The zero-order chi connectivity index (χ0) is 20.7. The normalized spacial score (nSPS) is 13.6. The molecule has 0 spiro atoms. The van der Waals surface area contributed by atoms with Gasteiger partial charge in [-0.3, -0.25) is 4.55 Å². The Labute approximate surface area is 156 Å². The molecule has 14 heteroatoms. The van der Waals surface area contributed by atoms with Gasteiger partial charge in [-0.2, -0.15) is 34.8 Å². The number of nitrogens with two attached hydrogens (primary N) is 1. The molecule has 0 aliphatic heterocycles. The van der Waals surface area contributed by atoms with Gasteiger partial charge in [0.05, 0.1) is 11.3 Å². The third-order valence-corrected chi connectivity index (χ3v) is 4.73. The second-order valence-electron chi connectivity index (χ2n) is 5.15. The zero-order valence-electron chi connectivity index (χ0n) is 12.6. The maximum Gasteiger partial charge on any atom is 0.438 e. The molecule has 0 bridgehead atoms. The molecular formula is C12H10F6INO5S. The number of hydrogen-bond donors (Lipinski definition) is 2. The predicted octanol–water partition coefficient (Wildman–Crippen LogP) is 3.09. The van der Waals surface area contributed by atoms with Crippen molar-refractivity contribution in [3.05, 3.63) is 26.8 Å². The van der Waals surface area contributed by atoms with Crippen LogP contribution in [0.5, 0.6) is 0 Å². The van der Waals surface area contributed by atoms with Crippen LogP contribution < -0.4 is 5.73 Å². The van der Waals surface area contributed by atoms with Crippen LogP contribution in [0.15, 0.2) is 12.1 Å². The molecule has 0 amide bonds. The summed E-state index contributed by atoms with van der Waals surface area (Å²) in [5.74, 6) is -5.11. The van der Waals surface area contributed by atoms with Crippen molar-refractivity contribution in [3.63, 3.8) is 0 Å². The molecule has 0 heterocycles. The summed E-state index contributed by atoms with van der Waals surface area (Å²) in [6.07, 6.45) is -12.8. The first-order chi connectivity index (χ1) is 11.4. The summed E-state index contributed by atoms with van der Waals surface area (Å²) in [7, 11) is -5.85. The van der Waals surface area contributed by atoms with Crippen molar-refractivity contribution in [2.45, 2.75) is 24.9 Å². The Morgan fingerprint density at radius 2 is 1.65 bits per heavy atom. The average Bonchev–Trinajstić information content (AvgIpc) is 2.37. The molecule has 1 aromatic carbocycles. The van der Waals surface area contributed by atoms with E-state index in [0.717, 1.165) is 6.07 Å². The van der Waals surface area contributed by atoms with Gasteiger partial charge in [0.2, 0.25) is 0 Å². The van der Waals surface area contributed by atoms with Crippen LogP contribution in [-0.2, 0) is 14.9 Å². The predicted molar refractivity (Wildman–Crippen MR) is 85.0 cm³/mol. The van der Waals surface area contributed by atoms with E-state index in [1.54, 1.807) is 22.6 Å². The number of halogens is 7. The molecule has 0 aliphatic rings. The Bertz CT molecular complexity index is 807. The van der Waals surface area contributed by atoms with Crippen molar-refractivity contribution in [2.75, 3.05) is 11.5 Å². The molecule has 0 saturated heterocycles. The lowest BCUT2D eigenvalue weighted by molar-refractivity contribution is -0.356. The fraction of sp³-hybridized carbons (Fsp3) is 0.417. The van der Waals surface area contributed by atoms with Gasteiger partial charge in [-0.25, -0.2) is 4.79 Å². The first kappa shape index (κ1) is 22.8. The number of benzene rings is 1. The van der Waals surface area contributed by atoms with E-state index < -0.39 is 51.0 Å². The lowest BCUT2D eigenvalue weighted by Gasteiger charge is -2.35. The summed E-state index contributed by atoms with van der Waals surface area (Å²) in [6.45, 7) is 1.39. The van der Waals surface area contributed by atoms with Gasteiger partial charge in [-0.15, -0.1) is 0 Å². The molecule has 0 atom stereocenters. The third kappa shape index (κ3) is 4.70. The lowest BCUT2D eigenvalue weighted by Crippen LogP contribution is -2.63. The Kier molecular flexibility index (Phi) is 6.15. The summed E-state index contributed by atoms with van der Waals surface area (Å²) < 4.78 is 113. The summed E-state index contributed by atoms with van der Waals surface area (Å²) in [4.78, 5) is 12.0. The summed E-state index contributed by atoms with van der Waals surface area (Å²) >= 11 is 1.59. The number of carbonyl (C=O) groups excluding carboxylic acids is 1. The number of alkyl halides is 6. The average molecular weight is 521 g/mol. The minimum atomic E-state index is -6.40. The van der Waals surface area contributed by atoms with E-state index in [9.17, 15) is 39.6 Å². The van der Waals surface area contributed by atoms with Gasteiger partial charge in [-0.1, -0.05) is 0 Å². The number of anilines is 1. The van der Waals surface area contributed by atoms with E-state index in [0.29, 0.717) is 0 Å². The molecule has 3 N–H and O–H groups in total. The van der Waals surface area contributed by atoms with Gasteiger partial charge in [0.1, 0.15) is 5.75 Å². The molecule has 0 radical (unpaired) electrons. The highest BCUT2D eigenvalue weighted by atomic mass is 127.